The van der Waals surface area contributed by atoms with Crippen LogP contribution in [-0.4, -0.2) is 37.0 Å². The van der Waals surface area contributed by atoms with E-state index in [9.17, 15) is 4.79 Å². The summed E-state index contributed by atoms with van der Waals surface area (Å²) in [5.74, 6) is 0.632. The summed E-state index contributed by atoms with van der Waals surface area (Å²) in [4.78, 5) is 14.6. The molecular weight excluding hydrogens is 312 g/mol. The Labute approximate surface area is 149 Å². The van der Waals surface area contributed by atoms with E-state index in [0.29, 0.717) is 12.3 Å². The van der Waals surface area contributed by atoms with Gasteiger partial charge < -0.3 is 10.1 Å². The van der Waals surface area contributed by atoms with Gasteiger partial charge in [-0.1, -0.05) is 48.0 Å². The van der Waals surface area contributed by atoms with Gasteiger partial charge in [0.05, 0.1) is 6.04 Å². The van der Waals surface area contributed by atoms with Crippen LogP contribution in [0.2, 0.25) is 0 Å². The fourth-order valence-corrected chi connectivity index (χ4v) is 3.23. The summed E-state index contributed by atoms with van der Waals surface area (Å²) in [6.45, 7) is 4.94. The van der Waals surface area contributed by atoms with Crippen LogP contribution in [0.25, 0.3) is 0 Å². The quantitative estimate of drug-likeness (QED) is 0.842. The van der Waals surface area contributed by atoms with Crippen molar-refractivity contribution in [1.82, 2.24) is 10.2 Å². The van der Waals surface area contributed by atoms with E-state index in [4.69, 9.17) is 4.74 Å². The molecule has 1 fully saturated rings. The summed E-state index contributed by atoms with van der Waals surface area (Å²) >= 11 is 0. The van der Waals surface area contributed by atoms with Crippen LogP contribution in [0.5, 0.6) is 5.75 Å². The van der Waals surface area contributed by atoms with E-state index in [0.717, 1.165) is 13.1 Å². The Bertz CT molecular complexity index is 664. The summed E-state index contributed by atoms with van der Waals surface area (Å²) in [6.07, 6.45) is 2.46. The molecule has 0 bridgehead atoms. The molecule has 1 amide bonds. The first-order valence-electron chi connectivity index (χ1n) is 8.97. The van der Waals surface area contributed by atoms with Gasteiger partial charge in [-0.3, -0.25) is 9.69 Å². The van der Waals surface area contributed by atoms with E-state index in [1.165, 1.54) is 24.0 Å². The SMILES string of the molecule is Cc1ccc([C@H](CNC(=O)COc2ccccc2)N2CCCC2)cc1. The molecule has 0 aliphatic carbocycles. The third kappa shape index (κ3) is 5.07. The van der Waals surface area contributed by atoms with Gasteiger partial charge in [0, 0.05) is 6.54 Å². The number of ether oxygens (including phenoxy) is 1. The lowest BCUT2D eigenvalue weighted by Gasteiger charge is -2.28. The van der Waals surface area contributed by atoms with Gasteiger partial charge in [0.15, 0.2) is 6.61 Å². The number of nitrogens with zero attached hydrogens (tertiary/aromatic N) is 1. The van der Waals surface area contributed by atoms with Crippen molar-refractivity contribution in [2.45, 2.75) is 25.8 Å². The van der Waals surface area contributed by atoms with Crippen molar-refractivity contribution < 1.29 is 9.53 Å². The van der Waals surface area contributed by atoms with Gasteiger partial charge in [0.25, 0.3) is 5.91 Å². The minimum absolute atomic E-state index is 0.0463. The summed E-state index contributed by atoms with van der Waals surface area (Å²) in [6, 6.07) is 18.3. The Morgan fingerprint density at radius 3 is 2.44 bits per heavy atom. The Kier molecular flexibility index (Phi) is 6.07. The summed E-state index contributed by atoms with van der Waals surface area (Å²) < 4.78 is 5.52. The first-order chi connectivity index (χ1) is 12.2. The summed E-state index contributed by atoms with van der Waals surface area (Å²) in [5, 5.41) is 3.04. The van der Waals surface area contributed by atoms with Crippen LogP contribution < -0.4 is 10.1 Å². The van der Waals surface area contributed by atoms with Gasteiger partial charge in [-0.2, -0.15) is 0 Å². The zero-order valence-electron chi connectivity index (χ0n) is 14.8. The van der Waals surface area contributed by atoms with Crippen molar-refractivity contribution in [2.24, 2.45) is 0 Å². The van der Waals surface area contributed by atoms with Crippen molar-refractivity contribution in [1.29, 1.82) is 0 Å². The number of hydrogen-bond acceptors (Lipinski definition) is 3. The topological polar surface area (TPSA) is 41.6 Å². The van der Waals surface area contributed by atoms with Crippen LogP contribution in [0, 0.1) is 6.92 Å². The molecule has 1 atom stereocenters. The van der Waals surface area contributed by atoms with Crippen LogP contribution >= 0.6 is 0 Å². The first-order valence-corrected chi connectivity index (χ1v) is 8.97. The number of hydrogen-bond donors (Lipinski definition) is 1. The zero-order chi connectivity index (χ0) is 17.5. The molecule has 4 heteroatoms. The van der Waals surface area contributed by atoms with E-state index in [1.807, 2.05) is 30.3 Å². The van der Waals surface area contributed by atoms with Crippen LogP contribution in [-0.2, 0) is 4.79 Å². The highest BCUT2D eigenvalue weighted by molar-refractivity contribution is 5.77. The second kappa shape index (κ2) is 8.67. The average Bonchev–Trinajstić information content (AvgIpc) is 3.17. The van der Waals surface area contributed by atoms with E-state index in [-0.39, 0.29) is 18.6 Å². The molecule has 132 valence electrons. The number of para-hydroxylation sites is 1. The predicted molar refractivity (Wildman–Crippen MR) is 99.7 cm³/mol. The fraction of sp³-hybridized carbons (Fsp3) is 0.381. The molecule has 1 N–H and O–H groups in total. The molecule has 0 saturated carbocycles. The maximum absolute atomic E-state index is 12.2. The molecule has 1 heterocycles. The summed E-state index contributed by atoms with van der Waals surface area (Å²) in [7, 11) is 0. The highest BCUT2D eigenvalue weighted by atomic mass is 16.5. The number of amides is 1. The van der Waals surface area contributed by atoms with Crippen LogP contribution in [0.3, 0.4) is 0 Å². The van der Waals surface area contributed by atoms with Crippen molar-refractivity contribution in [3.8, 4) is 5.75 Å². The molecule has 1 aliphatic heterocycles. The van der Waals surface area contributed by atoms with Crippen LogP contribution in [0.4, 0.5) is 0 Å². The van der Waals surface area contributed by atoms with Crippen molar-refractivity contribution in [3.05, 3.63) is 65.7 Å². The predicted octanol–water partition coefficient (Wildman–Crippen LogP) is 3.33. The molecule has 0 aromatic heterocycles. The monoisotopic (exact) mass is 338 g/mol. The lowest BCUT2D eigenvalue weighted by molar-refractivity contribution is -0.123. The molecule has 25 heavy (non-hydrogen) atoms. The van der Waals surface area contributed by atoms with E-state index in [2.05, 4.69) is 41.4 Å². The number of nitrogens with one attached hydrogen (secondary N) is 1. The van der Waals surface area contributed by atoms with E-state index < -0.39 is 0 Å². The maximum atomic E-state index is 12.2. The molecule has 1 aliphatic rings. The number of carbonyl (C=O) groups is 1. The Morgan fingerprint density at radius 2 is 1.76 bits per heavy atom. The number of rotatable bonds is 7. The number of benzene rings is 2. The number of likely N-dealkylation sites (tertiary alicyclic amines) is 1. The number of carbonyl (C=O) groups excluding carboxylic acids is 1. The van der Waals surface area contributed by atoms with Gasteiger partial charge in [-0.25, -0.2) is 0 Å². The second-order valence-electron chi connectivity index (χ2n) is 6.58. The van der Waals surface area contributed by atoms with Gasteiger partial charge in [-0.05, 0) is 50.6 Å². The van der Waals surface area contributed by atoms with Gasteiger partial charge >= 0.3 is 0 Å². The molecule has 2 aromatic carbocycles. The normalized spacial score (nSPS) is 15.7. The molecule has 2 aromatic rings. The maximum Gasteiger partial charge on any atom is 0.258 e. The minimum atomic E-state index is -0.0832. The Balaban J connectivity index is 1.56. The van der Waals surface area contributed by atoms with Gasteiger partial charge in [0.1, 0.15) is 5.75 Å². The van der Waals surface area contributed by atoms with Crippen molar-refractivity contribution in [3.63, 3.8) is 0 Å². The zero-order valence-corrected chi connectivity index (χ0v) is 14.8. The Hall–Kier alpha value is -2.33. The van der Waals surface area contributed by atoms with Crippen LogP contribution in [0.1, 0.15) is 30.0 Å². The minimum Gasteiger partial charge on any atom is -0.484 e. The largest absolute Gasteiger partial charge is 0.484 e. The smallest absolute Gasteiger partial charge is 0.258 e. The molecule has 0 unspecified atom stereocenters. The van der Waals surface area contributed by atoms with E-state index in [1.54, 1.807) is 0 Å². The van der Waals surface area contributed by atoms with E-state index >= 15 is 0 Å². The third-order valence-corrected chi connectivity index (χ3v) is 4.65. The molecular formula is C21H26N2O2. The molecule has 0 radical (unpaired) electrons. The standard InChI is InChI=1S/C21H26N2O2/c1-17-9-11-18(12-10-17)20(23-13-5-6-14-23)15-22-21(24)16-25-19-7-3-2-4-8-19/h2-4,7-12,20H,5-6,13-16H2,1H3,(H,22,24)/t20-/m0/s1. The summed E-state index contributed by atoms with van der Waals surface area (Å²) in [5.41, 5.74) is 2.51. The Morgan fingerprint density at radius 1 is 1.08 bits per heavy atom. The second-order valence-corrected chi connectivity index (χ2v) is 6.58. The highest BCUT2D eigenvalue weighted by Crippen LogP contribution is 2.24. The lowest BCUT2D eigenvalue weighted by atomic mass is 10.0. The first kappa shape index (κ1) is 17.5. The molecule has 3 rings (SSSR count). The third-order valence-electron chi connectivity index (χ3n) is 4.65. The molecule has 0 spiro atoms. The van der Waals surface area contributed by atoms with Crippen molar-refractivity contribution in [2.75, 3.05) is 26.2 Å². The molecule has 4 nitrogen and oxygen atoms in total. The highest BCUT2D eigenvalue weighted by Gasteiger charge is 2.23. The van der Waals surface area contributed by atoms with Gasteiger partial charge in [-0.15, -0.1) is 0 Å². The van der Waals surface area contributed by atoms with Gasteiger partial charge in [0.2, 0.25) is 0 Å². The van der Waals surface area contributed by atoms with Crippen molar-refractivity contribution >= 4 is 5.91 Å². The van der Waals surface area contributed by atoms with Crippen LogP contribution in [0.15, 0.2) is 54.6 Å². The molecule has 1 saturated heterocycles. The fourth-order valence-electron chi connectivity index (χ4n) is 3.23. The lowest BCUT2D eigenvalue weighted by Crippen LogP contribution is -2.38. The number of aryl methyl sites for hydroxylation is 1. The average molecular weight is 338 g/mol.